The predicted octanol–water partition coefficient (Wildman–Crippen LogP) is 9.62. The summed E-state index contributed by atoms with van der Waals surface area (Å²) in [7, 11) is 0. The normalized spacial score (nSPS) is 21.3. The van der Waals surface area contributed by atoms with Crippen molar-refractivity contribution in [1.29, 1.82) is 0 Å². The van der Waals surface area contributed by atoms with Crippen molar-refractivity contribution in [2.24, 2.45) is 0 Å². The minimum atomic E-state index is -1.66. The number of carbonyl (C=O) groups is 1. The second-order valence-electron chi connectivity index (χ2n) is 18.6. The Kier molecular flexibility index (Phi) is 39.2. The van der Waals surface area contributed by atoms with E-state index in [0.717, 1.165) is 51.4 Å². The maximum atomic E-state index is 13.1. The van der Waals surface area contributed by atoms with Gasteiger partial charge in [0.15, 0.2) is 6.29 Å². The Bertz CT molecular complexity index is 1020. The van der Waals surface area contributed by atoms with E-state index in [9.17, 15) is 40.5 Å². The standard InChI is InChI=1S/C51H99NO10/c1-3-5-7-9-11-13-15-17-19-20-21-22-23-24-25-27-29-31-33-35-37-39-44(55)50(60)52-42(41-61-51-49(59)48(58)47(57)45(40-53)62-51)46(56)43(54)38-36-34-32-30-28-26-18-16-14-12-10-8-6-4-2/h23-24,42-49,51,53-59H,3-22,25-41H2,1-2H3,(H,52,60)/b24-23-. The molecule has 1 amide bonds. The smallest absolute Gasteiger partial charge is 0.249 e. The van der Waals surface area contributed by atoms with E-state index in [4.69, 9.17) is 9.47 Å². The zero-order valence-corrected chi connectivity index (χ0v) is 39.9. The van der Waals surface area contributed by atoms with Gasteiger partial charge in [-0.2, -0.15) is 0 Å². The molecule has 0 saturated carbocycles. The molecule has 368 valence electrons. The van der Waals surface area contributed by atoms with Crippen molar-refractivity contribution in [1.82, 2.24) is 5.32 Å². The van der Waals surface area contributed by atoms with E-state index < -0.39 is 74.2 Å². The molecule has 11 nitrogen and oxygen atoms in total. The van der Waals surface area contributed by atoms with Crippen LogP contribution in [-0.2, 0) is 14.3 Å². The summed E-state index contributed by atoms with van der Waals surface area (Å²) in [6.07, 6.45) is 34.0. The van der Waals surface area contributed by atoms with Crippen molar-refractivity contribution < 1.29 is 50.0 Å². The van der Waals surface area contributed by atoms with Gasteiger partial charge in [0, 0.05) is 0 Å². The quantitative estimate of drug-likeness (QED) is 0.0216. The van der Waals surface area contributed by atoms with Gasteiger partial charge in [0.1, 0.15) is 36.6 Å². The van der Waals surface area contributed by atoms with Gasteiger partial charge in [0.05, 0.1) is 25.4 Å². The molecule has 62 heavy (non-hydrogen) atoms. The first-order chi connectivity index (χ1) is 30.2. The number of aliphatic hydroxyl groups excluding tert-OH is 7. The molecule has 1 aliphatic rings. The second kappa shape index (κ2) is 41.3. The second-order valence-corrected chi connectivity index (χ2v) is 18.6. The van der Waals surface area contributed by atoms with Crippen molar-refractivity contribution in [2.45, 2.75) is 294 Å². The molecule has 1 fully saturated rings. The van der Waals surface area contributed by atoms with E-state index in [1.807, 2.05) is 0 Å². The molecule has 0 aromatic rings. The first-order valence-electron chi connectivity index (χ1n) is 26.1. The highest BCUT2D eigenvalue weighted by atomic mass is 16.7. The predicted molar refractivity (Wildman–Crippen MR) is 252 cm³/mol. The summed E-state index contributed by atoms with van der Waals surface area (Å²) in [6, 6.07) is -1.17. The van der Waals surface area contributed by atoms with Crippen LogP contribution in [0.4, 0.5) is 0 Å². The van der Waals surface area contributed by atoms with Crippen LogP contribution in [0.15, 0.2) is 12.2 Å². The lowest BCUT2D eigenvalue weighted by Crippen LogP contribution is -2.60. The lowest BCUT2D eigenvalue weighted by atomic mass is 9.98. The minimum absolute atomic E-state index is 0.256. The van der Waals surface area contributed by atoms with Crippen molar-refractivity contribution in [3.05, 3.63) is 12.2 Å². The molecule has 1 heterocycles. The first-order valence-corrected chi connectivity index (χ1v) is 26.1. The van der Waals surface area contributed by atoms with E-state index >= 15 is 0 Å². The van der Waals surface area contributed by atoms with Gasteiger partial charge in [-0.1, -0.05) is 212 Å². The third-order valence-corrected chi connectivity index (χ3v) is 12.8. The van der Waals surface area contributed by atoms with Gasteiger partial charge in [-0.25, -0.2) is 0 Å². The van der Waals surface area contributed by atoms with E-state index in [1.165, 1.54) is 148 Å². The summed E-state index contributed by atoms with van der Waals surface area (Å²) in [5, 5.41) is 75.9. The Morgan fingerprint density at radius 3 is 1.35 bits per heavy atom. The van der Waals surface area contributed by atoms with Gasteiger partial charge >= 0.3 is 0 Å². The van der Waals surface area contributed by atoms with Gasteiger partial charge in [0.25, 0.3) is 0 Å². The van der Waals surface area contributed by atoms with Gasteiger partial charge in [0.2, 0.25) is 5.91 Å². The number of hydrogen-bond donors (Lipinski definition) is 8. The van der Waals surface area contributed by atoms with Crippen LogP contribution in [0.2, 0.25) is 0 Å². The summed E-state index contributed by atoms with van der Waals surface area (Å²) in [5.74, 6) is -0.699. The summed E-state index contributed by atoms with van der Waals surface area (Å²) < 4.78 is 11.1. The molecular weight excluding hydrogens is 787 g/mol. The third-order valence-electron chi connectivity index (χ3n) is 12.8. The maximum Gasteiger partial charge on any atom is 0.249 e. The van der Waals surface area contributed by atoms with Crippen LogP contribution < -0.4 is 5.32 Å². The average Bonchev–Trinajstić information content (AvgIpc) is 3.27. The molecule has 0 radical (unpaired) electrons. The molecule has 1 aliphatic heterocycles. The van der Waals surface area contributed by atoms with E-state index in [0.29, 0.717) is 19.3 Å². The molecule has 0 spiro atoms. The Hall–Kier alpha value is -1.15. The monoisotopic (exact) mass is 886 g/mol. The molecule has 0 aromatic carbocycles. The van der Waals surface area contributed by atoms with E-state index in [1.54, 1.807) is 0 Å². The molecule has 8 N–H and O–H groups in total. The molecule has 0 aliphatic carbocycles. The minimum Gasteiger partial charge on any atom is -0.394 e. The zero-order valence-electron chi connectivity index (χ0n) is 39.9. The first kappa shape index (κ1) is 58.9. The van der Waals surface area contributed by atoms with Crippen LogP contribution in [0.3, 0.4) is 0 Å². The van der Waals surface area contributed by atoms with Crippen molar-refractivity contribution >= 4 is 5.91 Å². The van der Waals surface area contributed by atoms with Crippen LogP contribution in [-0.4, -0.2) is 110 Å². The van der Waals surface area contributed by atoms with E-state index in [2.05, 4.69) is 31.3 Å². The maximum absolute atomic E-state index is 13.1. The summed E-state index contributed by atoms with van der Waals surface area (Å²) in [6.45, 7) is 3.46. The third kappa shape index (κ3) is 30.1. The van der Waals surface area contributed by atoms with Crippen molar-refractivity contribution in [3.8, 4) is 0 Å². The molecule has 1 saturated heterocycles. The number of allylic oxidation sites excluding steroid dienone is 2. The fourth-order valence-electron chi connectivity index (χ4n) is 8.50. The highest BCUT2D eigenvalue weighted by Crippen LogP contribution is 2.23. The number of unbranched alkanes of at least 4 members (excludes halogenated alkanes) is 30. The highest BCUT2D eigenvalue weighted by Gasteiger charge is 2.44. The number of rotatable bonds is 44. The Morgan fingerprint density at radius 1 is 0.548 bits per heavy atom. The van der Waals surface area contributed by atoms with Crippen molar-refractivity contribution in [2.75, 3.05) is 13.2 Å². The molecule has 1 rings (SSSR count). The van der Waals surface area contributed by atoms with Crippen LogP contribution >= 0.6 is 0 Å². The lowest BCUT2D eigenvalue weighted by molar-refractivity contribution is -0.303. The fourth-order valence-corrected chi connectivity index (χ4v) is 8.50. The van der Waals surface area contributed by atoms with Crippen LogP contribution in [0.5, 0.6) is 0 Å². The van der Waals surface area contributed by atoms with E-state index in [-0.39, 0.29) is 6.42 Å². The van der Waals surface area contributed by atoms with Gasteiger partial charge < -0.3 is 50.5 Å². The number of ether oxygens (including phenoxy) is 2. The fraction of sp³-hybridized carbons (Fsp3) is 0.941. The van der Waals surface area contributed by atoms with Crippen LogP contribution in [0.25, 0.3) is 0 Å². The van der Waals surface area contributed by atoms with Crippen LogP contribution in [0.1, 0.15) is 239 Å². The number of hydrogen-bond acceptors (Lipinski definition) is 10. The molecule has 9 atom stereocenters. The average molecular weight is 886 g/mol. The SMILES string of the molecule is CCCCCCCCCCCCC/C=C\CCCCCCCCC(O)C(=O)NC(COC1OC(CO)C(O)C(O)C1O)C(O)C(O)CCCCCCCCCCCCCCCC. The largest absolute Gasteiger partial charge is 0.394 e. The van der Waals surface area contributed by atoms with Gasteiger partial charge in [-0.05, 0) is 38.5 Å². The number of amides is 1. The topological polar surface area (TPSA) is 189 Å². The summed E-state index contributed by atoms with van der Waals surface area (Å²) in [4.78, 5) is 13.1. The molecular formula is C51H99NO10. The van der Waals surface area contributed by atoms with Gasteiger partial charge in [-0.15, -0.1) is 0 Å². The summed E-state index contributed by atoms with van der Waals surface area (Å²) in [5.41, 5.74) is 0. The number of carbonyl (C=O) groups excluding carboxylic acids is 1. The van der Waals surface area contributed by atoms with Crippen molar-refractivity contribution in [3.63, 3.8) is 0 Å². The Balaban J connectivity index is 2.37. The number of nitrogens with one attached hydrogen (secondary N) is 1. The molecule has 11 heteroatoms. The van der Waals surface area contributed by atoms with Crippen LogP contribution in [0, 0.1) is 0 Å². The number of aliphatic hydroxyl groups is 7. The van der Waals surface area contributed by atoms with Gasteiger partial charge in [-0.3, -0.25) is 4.79 Å². The molecule has 0 bridgehead atoms. The lowest BCUT2D eigenvalue weighted by Gasteiger charge is -2.40. The Labute approximate surface area is 379 Å². The Morgan fingerprint density at radius 2 is 0.935 bits per heavy atom. The molecule has 9 unspecified atom stereocenters. The summed E-state index contributed by atoms with van der Waals surface area (Å²) >= 11 is 0. The highest BCUT2D eigenvalue weighted by molar-refractivity contribution is 5.80. The molecule has 0 aromatic heterocycles. The zero-order chi connectivity index (χ0) is 45.5.